The molecule has 3 nitrogen and oxygen atoms in total. The average molecular weight is 454 g/mol. The van der Waals surface area contributed by atoms with Gasteiger partial charge in [-0.2, -0.15) is 5.26 Å². The van der Waals surface area contributed by atoms with E-state index in [1.54, 1.807) is 0 Å². The highest BCUT2D eigenvalue weighted by Crippen LogP contribution is 2.45. The van der Waals surface area contributed by atoms with Crippen molar-refractivity contribution in [2.45, 2.75) is 128 Å². The molecule has 2 atom stereocenters. The van der Waals surface area contributed by atoms with E-state index in [9.17, 15) is 5.26 Å². The molecule has 3 rings (SSSR count). The normalized spacial score (nSPS) is 27.8. The van der Waals surface area contributed by atoms with Gasteiger partial charge in [-0.15, -0.1) is 0 Å². The second-order valence-corrected chi connectivity index (χ2v) is 10.6. The molecule has 2 aliphatic rings. The summed E-state index contributed by atoms with van der Waals surface area (Å²) >= 11 is 0. The van der Waals surface area contributed by atoms with E-state index < -0.39 is 0 Å². The predicted molar refractivity (Wildman–Crippen MR) is 136 cm³/mol. The Kier molecular flexibility index (Phi) is 11.2. The molecule has 1 saturated heterocycles. The van der Waals surface area contributed by atoms with Gasteiger partial charge < -0.3 is 9.47 Å². The lowest BCUT2D eigenvalue weighted by atomic mass is 9.67. The van der Waals surface area contributed by atoms with E-state index in [4.69, 9.17) is 9.47 Å². The third-order valence-electron chi connectivity index (χ3n) is 8.06. The molecule has 33 heavy (non-hydrogen) atoms. The summed E-state index contributed by atoms with van der Waals surface area (Å²) in [5.41, 5.74) is 2.60. The number of benzene rings is 1. The second-order valence-electron chi connectivity index (χ2n) is 10.6. The van der Waals surface area contributed by atoms with Gasteiger partial charge in [0.25, 0.3) is 0 Å². The first-order valence-electron chi connectivity index (χ1n) is 13.9. The van der Waals surface area contributed by atoms with Gasteiger partial charge in [-0.25, -0.2) is 0 Å². The van der Waals surface area contributed by atoms with Crippen molar-refractivity contribution in [2.24, 2.45) is 5.41 Å². The lowest BCUT2D eigenvalue weighted by Gasteiger charge is -2.35. The smallest absolute Gasteiger partial charge is 0.106 e. The zero-order chi connectivity index (χ0) is 23.4. The zero-order valence-corrected chi connectivity index (χ0v) is 21.3. The molecule has 2 fully saturated rings. The zero-order valence-electron chi connectivity index (χ0n) is 21.3. The van der Waals surface area contributed by atoms with Crippen LogP contribution in [0.2, 0.25) is 0 Å². The van der Waals surface area contributed by atoms with Crippen LogP contribution in [0.15, 0.2) is 24.3 Å². The maximum Gasteiger partial charge on any atom is 0.106 e. The first-order valence-corrected chi connectivity index (χ1v) is 13.9. The van der Waals surface area contributed by atoms with Gasteiger partial charge in [0.05, 0.1) is 30.8 Å². The largest absolute Gasteiger partial charge is 0.373 e. The van der Waals surface area contributed by atoms with Crippen molar-refractivity contribution >= 4 is 0 Å². The minimum absolute atomic E-state index is 0.0655. The van der Waals surface area contributed by atoms with Crippen LogP contribution in [0.5, 0.6) is 0 Å². The SMILES string of the molecule is CCCCCCCC1COC(c2ccc(C3CCC(C#N)(CCCCCC)CC3)cc2)CO1. The Morgan fingerprint density at radius 2 is 1.45 bits per heavy atom. The van der Waals surface area contributed by atoms with Crippen molar-refractivity contribution in [1.82, 2.24) is 0 Å². The maximum atomic E-state index is 9.86. The van der Waals surface area contributed by atoms with E-state index in [2.05, 4.69) is 44.2 Å². The molecule has 1 saturated carbocycles. The van der Waals surface area contributed by atoms with E-state index in [1.807, 2.05) is 0 Å². The summed E-state index contributed by atoms with van der Waals surface area (Å²) in [4.78, 5) is 0. The van der Waals surface area contributed by atoms with Crippen LogP contribution >= 0.6 is 0 Å². The number of hydrogen-bond acceptors (Lipinski definition) is 3. The summed E-state index contributed by atoms with van der Waals surface area (Å²) in [6.07, 6.45) is 18.5. The van der Waals surface area contributed by atoms with Crippen LogP contribution in [0.1, 0.15) is 133 Å². The standard InChI is InChI=1S/C30H47NO2/c1-3-5-7-9-10-12-28-22-33-29(23-32-28)27-15-13-25(14-16-27)26-17-20-30(24-31,21-18-26)19-11-8-6-4-2/h13-16,26,28-29H,3-12,17-23H2,1-2H3. The number of rotatable bonds is 13. The van der Waals surface area contributed by atoms with Crippen molar-refractivity contribution in [3.8, 4) is 6.07 Å². The number of nitriles is 1. The molecule has 0 amide bonds. The molecule has 1 aliphatic carbocycles. The molecular formula is C30H47NO2. The molecule has 1 aromatic carbocycles. The third kappa shape index (κ3) is 8.11. The number of hydrogen-bond donors (Lipinski definition) is 0. The van der Waals surface area contributed by atoms with Crippen LogP contribution < -0.4 is 0 Å². The van der Waals surface area contributed by atoms with Gasteiger partial charge >= 0.3 is 0 Å². The van der Waals surface area contributed by atoms with Crippen LogP contribution in [0.4, 0.5) is 0 Å². The number of nitrogens with zero attached hydrogens (tertiary/aromatic N) is 1. The third-order valence-corrected chi connectivity index (χ3v) is 8.06. The van der Waals surface area contributed by atoms with Gasteiger partial charge in [0.1, 0.15) is 6.10 Å². The molecule has 0 N–H and O–H groups in total. The lowest BCUT2D eigenvalue weighted by Crippen LogP contribution is -2.31. The van der Waals surface area contributed by atoms with E-state index in [-0.39, 0.29) is 17.6 Å². The molecule has 184 valence electrons. The fraction of sp³-hybridized carbons (Fsp3) is 0.767. The minimum atomic E-state index is -0.0655. The minimum Gasteiger partial charge on any atom is -0.373 e. The molecule has 3 heteroatoms. The summed E-state index contributed by atoms with van der Waals surface area (Å²) < 4.78 is 12.3. The van der Waals surface area contributed by atoms with E-state index in [1.165, 1.54) is 68.9 Å². The van der Waals surface area contributed by atoms with Crippen molar-refractivity contribution in [2.75, 3.05) is 13.2 Å². The predicted octanol–water partition coefficient (Wildman–Crippen LogP) is 8.64. The fourth-order valence-electron chi connectivity index (χ4n) is 5.67. The van der Waals surface area contributed by atoms with Crippen LogP contribution in [0.3, 0.4) is 0 Å². The van der Waals surface area contributed by atoms with E-state index >= 15 is 0 Å². The Labute approximate surface area is 203 Å². The van der Waals surface area contributed by atoms with Crippen LogP contribution in [-0.4, -0.2) is 19.3 Å². The summed E-state index contributed by atoms with van der Waals surface area (Å²) in [5, 5.41) is 9.86. The lowest BCUT2D eigenvalue weighted by molar-refractivity contribution is -0.137. The Hall–Kier alpha value is -1.37. The first kappa shape index (κ1) is 26.2. The molecule has 0 bridgehead atoms. The van der Waals surface area contributed by atoms with Gasteiger partial charge in [0.2, 0.25) is 0 Å². The quantitative estimate of drug-likeness (QED) is 0.281. The highest BCUT2D eigenvalue weighted by Gasteiger charge is 2.35. The van der Waals surface area contributed by atoms with Gasteiger partial charge in [-0.1, -0.05) is 95.9 Å². The maximum absolute atomic E-state index is 9.86. The Balaban J connectivity index is 1.41. The molecule has 0 aromatic heterocycles. The molecule has 1 aromatic rings. The fourth-order valence-corrected chi connectivity index (χ4v) is 5.67. The first-order chi connectivity index (χ1) is 16.2. The Bertz CT molecular complexity index is 691. The van der Waals surface area contributed by atoms with Gasteiger partial charge in [-0.3, -0.25) is 0 Å². The molecule has 1 aliphatic heterocycles. The van der Waals surface area contributed by atoms with Gasteiger partial charge in [-0.05, 0) is 55.6 Å². The van der Waals surface area contributed by atoms with Crippen LogP contribution in [0, 0.1) is 16.7 Å². The molecule has 2 unspecified atom stereocenters. The van der Waals surface area contributed by atoms with Crippen molar-refractivity contribution < 1.29 is 9.47 Å². The van der Waals surface area contributed by atoms with E-state index in [0.29, 0.717) is 12.5 Å². The summed E-state index contributed by atoms with van der Waals surface area (Å²) in [5.74, 6) is 0.594. The molecular weight excluding hydrogens is 406 g/mol. The van der Waals surface area contributed by atoms with Crippen LogP contribution in [0.25, 0.3) is 0 Å². The summed E-state index contributed by atoms with van der Waals surface area (Å²) in [6.45, 7) is 5.90. The van der Waals surface area contributed by atoms with Crippen molar-refractivity contribution in [3.05, 3.63) is 35.4 Å². The molecule has 0 radical (unpaired) electrons. The summed E-state index contributed by atoms with van der Waals surface area (Å²) in [6, 6.07) is 11.8. The van der Waals surface area contributed by atoms with Crippen LogP contribution in [-0.2, 0) is 9.47 Å². The van der Waals surface area contributed by atoms with Gasteiger partial charge in [0.15, 0.2) is 0 Å². The summed E-state index contributed by atoms with van der Waals surface area (Å²) in [7, 11) is 0. The Morgan fingerprint density at radius 1 is 0.818 bits per heavy atom. The highest BCUT2D eigenvalue weighted by molar-refractivity contribution is 5.28. The van der Waals surface area contributed by atoms with Crippen molar-refractivity contribution in [3.63, 3.8) is 0 Å². The van der Waals surface area contributed by atoms with E-state index in [0.717, 1.165) is 45.1 Å². The molecule has 0 spiro atoms. The average Bonchev–Trinajstić information content (AvgIpc) is 2.87. The Morgan fingerprint density at radius 3 is 2.06 bits per heavy atom. The number of ether oxygens (including phenoxy) is 2. The topological polar surface area (TPSA) is 42.2 Å². The van der Waals surface area contributed by atoms with Crippen molar-refractivity contribution in [1.29, 1.82) is 5.26 Å². The highest BCUT2D eigenvalue weighted by atomic mass is 16.6. The monoisotopic (exact) mass is 453 g/mol. The number of unbranched alkanes of at least 4 members (excludes halogenated alkanes) is 7. The molecule has 1 heterocycles. The second kappa shape index (κ2) is 14.1. The van der Waals surface area contributed by atoms with Gasteiger partial charge in [0, 0.05) is 0 Å².